The third kappa shape index (κ3) is 1.41. The Morgan fingerprint density at radius 1 is 1.64 bits per heavy atom. The largest absolute Gasteiger partial charge is 0.370 e. The van der Waals surface area contributed by atoms with Crippen molar-refractivity contribution in [3.63, 3.8) is 0 Å². The van der Waals surface area contributed by atoms with Crippen molar-refractivity contribution in [3.8, 4) is 0 Å². The van der Waals surface area contributed by atoms with Crippen molar-refractivity contribution in [3.05, 3.63) is 21.4 Å². The van der Waals surface area contributed by atoms with E-state index in [4.69, 9.17) is 5.90 Å². The van der Waals surface area contributed by atoms with Crippen LogP contribution in [-0.4, -0.2) is 5.97 Å². The van der Waals surface area contributed by atoms with Crippen LogP contribution in [0.15, 0.2) is 5.38 Å². The molecule has 0 aliphatic heterocycles. The fourth-order valence-corrected chi connectivity index (χ4v) is 1.63. The maximum Gasteiger partial charge on any atom is 0.357 e. The van der Waals surface area contributed by atoms with Crippen molar-refractivity contribution >= 4 is 17.3 Å². The Labute approximate surface area is 68.7 Å². The molecule has 0 aromatic carbocycles. The predicted molar refractivity (Wildman–Crippen MR) is 43.4 cm³/mol. The first-order valence-corrected chi connectivity index (χ1v) is 4.00. The van der Waals surface area contributed by atoms with E-state index in [-0.39, 0.29) is 0 Å². The highest BCUT2D eigenvalue weighted by atomic mass is 32.1. The van der Waals surface area contributed by atoms with E-state index in [2.05, 4.69) is 4.84 Å². The van der Waals surface area contributed by atoms with Gasteiger partial charge in [0.1, 0.15) is 0 Å². The van der Waals surface area contributed by atoms with Crippen LogP contribution >= 0.6 is 11.3 Å². The minimum Gasteiger partial charge on any atom is -0.370 e. The summed E-state index contributed by atoms with van der Waals surface area (Å²) < 4.78 is 0. The van der Waals surface area contributed by atoms with Crippen LogP contribution in [0.25, 0.3) is 0 Å². The molecular formula is C7H9NO2S. The van der Waals surface area contributed by atoms with Gasteiger partial charge in [0, 0.05) is 10.3 Å². The van der Waals surface area contributed by atoms with Gasteiger partial charge in [-0.2, -0.15) is 5.90 Å². The van der Waals surface area contributed by atoms with Gasteiger partial charge in [-0.25, -0.2) is 4.79 Å². The number of aryl methyl sites for hydroxylation is 1. The normalized spacial score (nSPS) is 9.73. The Balaban J connectivity index is 3.04. The number of hydrogen-bond acceptors (Lipinski definition) is 4. The first-order chi connectivity index (χ1) is 5.16. The Kier molecular flexibility index (Phi) is 2.26. The molecule has 0 radical (unpaired) electrons. The molecule has 0 fully saturated rings. The summed E-state index contributed by atoms with van der Waals surface area (Å²) in [5.41, 5.74) is 1.51. The van der Waals surface area contributed by atoms with E-state index in [0.717, 1.165) is 10.4 Å². The van der Waals surface area contributed by atoms with Gasteiger partial charge in [-0.3, -0.25) is 0 Å². The summed E-state index contributed by atoms with van der Waals surface area (Å²) in [6.45, 7) is 3.82. The van der Waals surface area contributed by atoms with Crippen LogP contribution in [0.5, 0.6) is 0 Å². The number of rotatable bonds is 1. The molecule has 1 heterocycles. The molecule has 4 heteroatoms. The van der Waals surface area contributed by atoms with Crippen LogP contribution in [0.4, 0.5) is 0 Å². The average molecular weight is 171 g/mol. The molecule has 1 aromatic rings. The Hall–Kier alpha value is -0.870. The summed E-state index contributed by atoms with van der Waals surface area (Å²) >= 11 is 1.52. The van der Waals surface area contributed by atoms with E-state index in [1.54, 1.807) is 5.38 Å². The zero-order valence-electron chi connectivity index (χ0n) is 6.38. The number of thiophene rings is 1. The van der Waals surface area contributed by atoms with Crippen LogP contribution in [0.3, 0.4) is 0 Å². The van der Waals surface area contributed by atoms with Gasteiger partial charge in [0.05, 0.1) is 5.56 Å². The van der Waals surface area contributed by atoms with Gasteiger partial charge in [0.15, 0.2) is 0 Å². The minimum absolute atomic E-state index is 0.466. The summed E-state index contributed by atoms with van der Waals surface area (Å²) in [6.07, 6.45) is 0. The molecule has 3 nitrogen and oxygen atoms in total. The monoisotopic (exact) mass is 171 g/mol. The molecule has 0 saturated carbocycles. The number of carbonyl (C=O) groups excluding carboxylic acids is 1. The molecule has 1 aromatic heterocycles. The molecule has 0 unspecified atom stereocenters. The summed E-state index contributed by atoms with van der Waals surface area (Å²) in [5, 5.41) is 1.75. The fraction of sp³-hybridized carbons (Fsp3) is 0.286. The lowest BCUT2D eigenvalue weighted by atomic mass is 10.2. The molecule has 0 atom stereocenters. The maximum absolute atomic E-state index is 10.9. The maximum atomic E-state index is 10.9. The minimum atomic E-state index is -0.466. The van der Waals surface area contributed by atoms with Gasteiger partial charge < -0.3 is 4.84 Å². The third-order valence-corrected chi connectivity index (χ3v) is 2.63. The molecular weight excluding hydrogens is 162 g/mol. The Morgan fingerprint density at radius 2 is 2.27 bits per heavy atom. The zero-order chi connectivity index (χ0) is 8.43. The molecule has 0 amide bonds. The lowest BCUT2D eigenvalue weighted by Gasteiger charge is -1.95. The molecule has 0 aliphatic carbocycles. The van der Waals surface area contributed by atoms with Crippen LogP contribution < -0.4 is 5.90 Å². The lowest BCUT2D eigenvalue weighted by Crippen LogP contribution is -2.10. The SMILES string of the molecule is Cc1scc(C(=O)ON)c1C. The molecule has 0 aliphatic rings. The summed E-state index contributed by atoms with van der Waals surface area (Å²) in [5.74, 6) is 4.27. The second kappa shape index (κ2) is 3.02. The molecule has 0 saturated heterocycles. The number of hydrogen-bond donors (Lipinski definition) is 1. The topological polar surface area (TPSA) is 52.3 Å². The second-order valence-electron chi connectivity index (χ2n) is 2.24. The van der Waals surface area contributed by atoms with Crippen molar-refractivity contribution in [2.45, 2.75) is 13.8 Å². The highest BCUT2D eigenvalue weighted by Gasteiger charge is 2.12. The van der Waals surface area contributed by atoms with Crippen LogP contribution in [-0.2, 0) is 4.84 Å². The van der Waals surface area contributed by atoms with E-state index in [1.165, 1.54) is 11.3 Å². The van der Waals surface area contributed by atoms with Gasteiger partial charge in [-0.1, -0.05) is 0 Å². The Morgan fingerprint density at radius 3 is 2.64 bits per heavy atom. The second-order valence-corrected chi connectivity index (χ2v) is 3.32. The third-order valence-electron chi connectivity index (χ3n) is 1.61. The smallest absolute Gasteiger partial charge is 0.357 e. The first-order valence-electron chi connectivity index (χ1n) is 3.12. The first kappa shape index (κ1) is 8.23. The average Bonchev–Trinajstić information content (AvgIpc) is 2.32. The molecule has 0 bridgehead atoms. The van der Waals surface area contributed by atoms with Crippen LogP contribution in [0.2, 0.25) is 0 Å². The highest BCUT2D eigenvalue weighted by Crippen LogP contribution is 2.20. The molecule has 0 spiro atoms. The highest BCUT2D eigenvalue weighted by molar-refractivity contribution is 7.10. The van der Waals surface area contributed by atoms with Crippen molar-refractivity contribution in [1.82, 2.24) is 0 Å². The van der Waals surface area contributed by atoms with Crippen molar-refractivity contribution in [2.75, 3.05) is 0 Å². The fourth-order valence-electron chi connectivity index (χ4n) is 0.778. The standard InChI is InChI=1S/C7H9NO2S/c1-4-5(2)11-3-6(4)7(9)10-8/h3H,8H2,1-2H3. The van der Waals surface area contributed by atoms with Crippen molar-refractivity contribution in [2.24, 2.45) is 5.90 Å². The van der Waals surface area contributed by atoms with Gasteiger partial charge in [0.2, 0.25) is 0 Å². The Bertz CT molecular complexity index is 280. The van der Waals surface area contributed by atoms with Gasteiger partial charge in [-0.05, 0) is 19.4 Å². The van der Waals surface area contributed by atoms with E-state index < -0.39 is 5.97 Å². The molecule has 11 heavy (non-hydrogen) atoms. The van der Waals surface area contributed by atoms with E-state index in [0.29, 0.717) is 5.56 Å². The van der Waals surface area contributed by atoms with Crippen molar-refractivity contribution < 1.29 is 9.63 Å². The predicted octanol–water partition coefficient (Wildman–Crippen LogP) is 1.40. The number of carbonyl (C=O) groups is 1. The van der Waals surface area contributed by atoms with Crippen LogP contribution in [0.1, 0.15) is 20.8 Å². The number of nitrogens with two attached hydrogens (primary N) is 1. The van der Waals surface area contributed by atoms with Gasteiger partial charge in [-0.15, -0.1) is 11.3 Å². The van der Waals surface area contributed by atoms with E-state index in [1.807, 2.05) is 13.8 Å². The summed E-state index contributed by atoms with van der Waals surface area (Å²) in [4.78, 5) is 16.1. The molecule has 60 valence electrons. The zero-order valence-corrected chi connectivity index (χ0v) is 7.20. The van der Waals surface area contributed by atoms with Crippen molar-refractivity contribution in [1.29, 1.82) is 0 Å². The quantitative estimate of drug-likeness (QED) is 0.650. The molecule has 2 N–H and O–H groups in total. The van der Waals surface area contributed by atoms with E-state index in [9.17, 15) is 4.79 Å². The van der Waals surface area contributed by atoms with Gasteiger partial charge >= 0.3 is 5.97 Å². The summed E-state index contributed by atoms with van der Waals surface area (Å²) in [7, 11) is 0. The lowest BCUT2D eigenvalue weighted by molar-refractivity contribution is 0.0503. The van der Waals surface area contributed by atoms with Gasteiger partial charge in [0.25, 0.3) is 0 Å². The van der Waals surface area contributed by atoms with Crippen LogP contribution in [0, 0.1) is 13.8 Å². The van der Waals surface area contributed by atoms with E-state index >= 15 is 0 Å². The summed E-state index contributed by atoms with van der Waals surface area (Å²) in [6, 6.07) is 0. The molecule has 1 rings (SSSR count).